The summed E-state index contributed by atoms with van der Waals surface area (Å²) in [5.41, 5.74) is 5.76. The molecule has 0 aromatic carbocycles. The number of hydrogen-bond acceptors (Lipinski definition) is 3. The molecule has 0 bridgehead atoms. The van der Waals surface area contributed by atoms with E-state index in [1.54, 1.807) is 23.2 Å². The van der Waals surface area contributed by atoms with Gasteiger partial charge in [0.1, 0.15) is 5.82 Å². The number of anilines is 1. The van der Waals surface area contributed by atoms with Gasteiger partial charge >= 0.3 is 0 Å². The lowest BCUT2D eigenvalue weighted by molar-refractivity contribution is -0.124. The molecule has 1 aliphatic rings. The fourth-order valence-corrected chi connectivity index (χ4v) is 2.20. The van der Waals surface area contributed by atoms with Crippen molar-refractivity contribution < 1.29 is 8.78 Å². The Labute approximate surface area is 93.3 Å². The van der Waals surface area contributed by atoms with E-state index in [0.717, 1.165) is 0 Å². The highest BCUT2D eigenvalue weighted by atomic mass is 19.3. The third kappa shape index (κ3) is 1.75. The van der Waals surface area contributed by atoms with E-state index in [9.17, 15) is 8.78 Å². The molecule has 0 spiro atoms. The van der Waals surface area contributed by atoms with Crippen molar-refractivity contribution in [3.63, 3.8) is 0 Å². The van der Waals surface area contributed by atoms with Crippen LogP contribution in [0.5, 0.6) is 0 Å². The van der Waals surface area contributed by atoms with Crippen LogP contribution in [-0.2, 0) is 5.54 Å². The molecule has 0 atom stereocenters. The molecule has 1 aliphatic carbocycles. The Balaban J connectivity index is 2.35. The molecule has 0 unspecified atom stereocenters. The smallest absolute Gasteiger partial charge is 0.252 e. The topological polar surface area (TPSA) is 42.2 Å². The van der Waals surface area contributed by atoms with Crippen molar-refractivity contribution in [3.8, 4) is 0 Å². The van der Waals surface area contributed by atoms with Crippen LogP contribution >= 0.6 is 0 Å². The second-order valence-electron chi connectivity index (χ2n) is 4.63. The largest absolute Gasteiger partial charge is 0.362 e. The van der Waals surface area contributed by atoms with E-state index in [0.29, 0.717) is 11.4 Å². The lowest BCUT2D eigenvalue weighted by Crippen LogP contribution is -2.56. The highest BCUT2D eigenvalue weighted by molar-refractivity contribution is 5.50. The van der Waals surface area contributed by atoms with Crippen molar-refractivity contribution >= 4 is 5.82 Å². The average molecular weight is 227 g/mol. The molecule has 1 aromatic heterocycles. The molecule has 1 heterocycles. The molecule has 0 amide bonds. The van der Waals surface area contributed by atoms with Crippen LogP contribution in [0.25, 0.3) is 0 Å². The zero-order valence-electron chi connectivity index (χ0n) is 9.37. The van der Waals surface area contributed by atoms with Gasteiger partial charge in [-0.15, -0.1) is 0 Å². The number of nitrogens with two attached hydrogens (primary N) is 1. The van der Waals surface area contributed by atoms with Crippen molar-refractivity contribution in [2.75, 3.05) is 19.0 Å². The summed E-state index contributed by atoms with van der Waals surface area (Å²) in [5, 5.41) is 0. The summed E-state index contributed by atoms with van der Waals surface area (Å²) in [5.74, 6) is -1.96. The van der Waals surface area contributed by atoms with E-state index in [-0.39, 0.29) is 12.8 Å². The Morgan fingerprint density at radius 1 is 1.38 bits per heavy atom. The molecule has 2 rings (SSSR count). The molecule has 88 valence electrons. The highest BCUT2D eigenvalue weighted by Crippen LogP contribution is 2.51. The lowest BCUT2D eigenvalue weighted by atomic mass is 9.70. The predicted molar refractivity (Wildman–Crippen MR) is 58.6 cm³/mol. The number of pyridine rings is 1. The van der Waals surface area contributed by atoms with Crippen molar-refractivity contribution in [1.29, 1.82) is 0 Å². The van der Waals surface area contributed by atoms with Gasteiger partial charge in [0.2, 0.25) is 0 Å². The number of hydrogen-bond donors (Lipinski definition) is 1. The van der Waals surface area contributed by atoms with Crippen molar-refractivity contribution in [2.24, 2.45) is 5.73 Å². The van der Waals surface area contributed by atoms with Gasteiger partial charge in [0.25, 0.3) is 5.92 Å². The van der Waals surface area contributed by atoms with Crippen molar-refractivity contribution in [2.45, 2.75) is 24.3 Å². The molecule has 1 fully saturated rings. The Bertz CT molecular complexity index is 396. The van der Waals surface area contributed by atoms with Crippen LogP contribution in [0.1, 0.15) is 18.4 Å². The fourth-order valence-electron chi connectivity index (χ4n) is 2.20. The Morgan fingerprint density at radius 2 is 2.00 bits per heavy atom. The maximum atomic E-state index is 12.9. The van der Waals surface area contributed by atoms with Crippen molar-refractivity contribution in [1.82, 2.24) is 4.98 Å². The Kier molecular flexibility index (Phi) is 2.38. The second kappa shape index (κ2) is 3.38. The molecule has 0 saturated heterocycles. The van der Waals surface area contributed by atoms with Gasteiger partial charge in [-0.05, 0) is 6.07 Å². The van der Waals surface area contributed by atoms with Crippen molar-refractivity contribution in [3.05, 3.63) is 23.9 Å². The first-order valence-corrected chi connectivity index (χ1v) is 5.14. The summed E-state index contributed by atoms with van der Waals surface area (Å²) in [7, 11) is 3.65. The van der Waals surface area contributed by atoms with Crippen LogP contribution in [0.3, 0.4) is 0 Å². The number of halogens is 2. The van der Waals surface area contributed by atoms with Crippen LogP contribution in [0, 0.1) is 0 Å². The first-order chi connectivity index (χ1) is 7.34. The van der Waals surface area contributed by atoms with E-state index in [1.807, 2.05) is 14.1 Å². The minimum absolute atomic E-state index is 0.299. The quantitative estimate of drug-likeness (QED) is 0.836. The molecule has 0 radical (unpaired) electrons. The van der Waals surface area contributed by atoms with E-state index >= 15 is 0 Å². The van der Waals surface area contributed by atoms with E-state index < -0.39 is 11.5 Å². The monoisotopic (exact) mass is 227 g/mol. The van der Waals surface area contributed by atoms with Crippen LogP contribution in [-0.4, -0.2) is 25.0 Å². The molecular weight excluding hydrogens is 212 g/mol. The van der Waals surface area contributed by atoms with E-state index in [2.05, 4.69) is 4.98 Å². The summed E-state index contributed by atoms with van der Waals surface area (Å²) in [6.07, 6.45) is 1.04. The van der Waals surface area contributed by atoms with Gasteiger partial charge in [-0.1, -0.05) is 6.07 Å². The minimum atomic E-state index is -2.63. The first-order valence-electron chi connectivity index (χ1n) is 5.14. The van der Waals surface area contributed by atoms with Gasteiger partial charge < -0.3 is 10.6 Å². The van der Waals surface area contributed by atoms with Gasteiger partial charge in [0.05, 0.1) is 5.54 Å². The second-order valence-corrected chi connectivity index (χ2v) is 4.63. The molecule has 2 N–H and O–H groups in total. The van der Waals surface area contributed by atoms with E-state index in [4.69, 9.17) is 5.73 Å². The van der Waals surface area contributed by atoms with Gasteiger partial charge in [-0.2, -0.15) is 0 Å². The third-order valence-corrected chi connectivity index (χ3v) is 2.89. The highest BCUT2D eigenvalue weighted by Gasteiger charge is 2.56. The maximum absolute atomic E-state index is 12.9. The normalized spacial score (nSPS) is 21.3. The van der Waals surface area contributed by atoms with E-state index in [1.165, 1.54) is 0 Å². The molecule has 16 heavy (non-hydrogen) atoms. The van der Waals surface area contributed by atoms with Crippen LogP contribution in [0.15, 0.2) is 18.3 Å². The van der Waals surface area contributed by atoms with Gasteiger partial charge in [-0.25, -0.2) is 13.8 Å². The SMILES string of the molecule is CN(C)c1ncccc1C1(N)CC(F)(F)C1. The summed E-state index contributed by atoms with van der Waals surface area (Å²) < 4.78 is 25.9. The predicted octanol–water partition coefficient (Wildman–Crippen LogP) is 1.73. The Hall–Kier alpha value is -1.23. The molecule has 1 aromatic rings. The third-order valence-electron chi connectivity index (χ3n) is 2.89. The molecule has 5 heteroatoms. The minimum Gasteiger partial charge on any atom is -0.362 e. The van der Waals surface area contributed by atoms with Gasteiger partial charge in [0.15, 0.2) is 0 Å². The fraction of sp³-hybridized carbons (Fsp3) is 0.545. The van der Waals surface area contributed by atoms with Crippen LogP contribution in [0.4, 0.5) is 14.6 Å². The standard InChI is InChI=1S/C11H15F2N3/c1-16(2)9-8(4-3-5-15-9)10(14)6-11(12,13)7-10/h3-5H,6-7,14H2,1-2H3. The van der Waals surface area contributed by atoms with Crippen LogP contribution in [0.2, 0.25) is 0 Å². The molecule has 1 saturated carbocycles. The zero-order valence-corrected chi connectivity index (χ0v) is 9.37. The maximum Gasteiger partial charge on any atom is 0.252 e. The van der Waals surface area contributed by atoms with Crippen LogP contribution < -0.4 is 10.6 Å². The number of nitrogens with zero attached hydrogens (tertiary/aromatic N) is 2. The number of alkyl halides is 2. The van der Waals surface area contributed by atoms with Gasteiger partial charge in [-0.3, -0.25) is 0 Å². The Morgan fingerprint density at radius 3 is 2.50 bits per heavy atom. The summed E-state index contributed by atoms with van der Waals surface area (Å²) in [4.78, 5) is 5.97. The number of aromatic nitrogens is 1. The summed E-state index contributed by atoms with van der Waals surface area (Å²) in [6, 6.07) is 3.50. The first kappa shape index (κ1) is 11.3. The summed E-state index contributed by atoms with van der Waals surface area (Å²) >= 11 is 0. The van der Waals surface area contributed by atoms with Gasteiger partial charge in [0, 0.05) is 38.7 Å². The summed E-state index contributed by atoms with van der Waals surface area (Å²) in [6.45, 7) is 0. The lowest BCUT2D eigenvalue weighted by Gasteiger charge is -2.45. The number of rotatable bonds is 2. The molecule has 0 aliphatic heterocycles. The zero-order chi connectivity index (χ0) is 12.0. The molecule has 3 nitrogen and oxygen atoms in total. The average Bonchev–Trinajstić information content (AvgIpc) is 2.14. The molecular formula is C11H15F2N3.